The first-order valence-electron chi connectivity index (χ1n) is 6.18. The third-order valence-corrected chi connectivity index (χ3v) is 3.93. The summed E-state index contributed by atoms with van der Waals surface area (Å²) < 4.78 is 0. The topological polar surface area (TPSA) is 66.4 Å². The summed E-state index contributed by atoms with van der Waals surface area (Å²) in [6.45, 7) is 1.94. The van der Waals surface area contributed by atoms with Gasteiger partial charge in [0, 0.05) is 11.9 Å². The monoisotopic (exact) mass is 289 g/mol. The lowest BCUT2D eigenvalue weighted by Crippen LogP contribution is -2.31. The maximum Gasteiger partial charge on any atom is 0.312 e. The van der Waals surface area contributed by atoms with E-state index in [0.29, 0.717) is 11.1 Å². The molecule has 1 heterocycles. The number of carboxylic acid groups (broad SMARTS) is 1. The molecule has 1 amide bonds. The zero-order valence-electron chi connectivity index (χ0n) is 11.0. The van der Waals surface area contributed by atoms with Crippen LogP contribution in [-0.2, 0) is 4.79 Å². The van der Waals surface area contributed by atoms with Gasteiger partial charge in [0.1, 0.15) is 0 Å². The number of thiophene rings is 1. The SMILES string of the molecule is Cc1cscc1C(=O)NC[C@@H](C(=O)O)c1ccccc1. The molecule has 0 spiro atoms. The number of amides is 1. The summed E-state index contributed by atoms with van der Waals surface area (Å²) in [5, 5.41) is 15.6. The Labute approximate surface area is 121 Å². The zero-order chi connectivity index (χ0) is 14.5. The number of hydrogen-bond donors (Lipinski definition) is 2. The maximum absolute atomic E-state index is 12.0. The minimum absolute atomic E-state index is 0.0769. The van der Waals surface area contributed by atoms with Crippen LogP contribution in [0.2, 0.25) is 0 Å². The third-order valence-electron chi connectivity index (χ3n) is 3.07. The van der Waals surface area contributed by atoms with Crippen molar-refractivity contribution in [2.75, 3.05) is 6.54 Å². The summed E-state index contributed by atoms with van der Waals surface area (Å²) in [5.74, 6) is -1.91. The lowest BCUT2D eigenvalue weighted by Gasteiger charge is -2.13. The molecule has 1 aromatic heterocycles. The first-order chi connectivity index (χ1) is 9.59. The molecule has 0 saturated carbocycles. The van der Waals surface area contributed by atoms with Gasteiger partial charge >= 0.3 is 5.97 Å². The summed E-state index contributed by atoms with van der Waals surface area (Å²) in [6, 6.07) is 8.91. The van der Waals surface area contributed by atoms with Crippen LogP contribution >= 0.6 is 11.3 Å². The Morgan fingerprint density at radius 2 is 1.95 bits per heavy atom. The van der Waals surface area contributed by atoms with E-state index in [4.69, 9.17) is 0 Å². The average Bonchev–Trinajstić information content (AvgIpc) is 2.86. The van der Waals surface area contributed by atoms with Crippen LogP contribution in [0.4, 0.5) is 0 Å². The van der Waals surface area contributed by atoms with Gasteiger partial charge in [-0.2, -0.15) is 11.3 Å². The smallest absolute Gasteiger partial charge is 0.312 e. The van der Waals surface area contributed by atoms with E-state index in [1.807, 2.05) is 18.4 Å². The fraction of sp³-hybridized carbons (Fsp3) is 0.200. The molecule has 1 atom stereocenters. The van der Waals surface area contributed by atoms with Crippen molar-refractivity contribution in [1.29, 1.82) is 0 Å². The molecule has 0 bridgehead atoms. The number of aliphatic carboxylic acids is 1. The van der Waals surface area contributed by atoms with Crippen molar-refractivity contribution < 1.29 is 14.7 Å². The van der Waals surface area contributed by atoms with E-state index >= 15 is 0 Å². The lowest BCUT2D eigenvalue weighted by molar-refractivity contribution is -0.138. The van der Waals surface area contributed by atoms with Gasteiger partial charge in [0.25, 0.3) is 5.91 Å². The van der Waals surface area contributed by atoms with E-state index in [0.717, 1.165) is 5.56 Å². The first-order valence-corrected chi connectivity index (χ1v) is 7.12. The van der Waals surface area contributed by atoms with Crippen molar-refractivity contribution in [3.05, 3.63) is 57.8 Å². The van der Waals surface area contributed by atoms with E-state index in [1.54, 1.807) is 29.6 Å². The van der Waals surface area contributed by atoms with Crippen molar-refractivity contribution in [2.24, 2.45) is 0 Å². The van der Waals surface area contributed by atoms with Gasteiger partial charge < -0.3 is 10.4 Å². The third kappa shape index (κ3) is 3.24. The molecule has 0 saturated heterocycles. The number of aryl methyl sites for hydroxylation is 1. The van der Waals surface area contributed by atoms with Crippen LogP contribution in [0.1, 0.15) is 27.4 Å². The maximum atomic E-state index is 12.0. The second-order valence-corrected chi connectivity index (χ2v) is 5.22. The number of benzene rings is 1. The fourth-order valence-electron chi connectivity index (χ4n) is 1.92. The van der Waals surface area contributed by atoms with Gasteiger partial charge in [-0.15, -0.1) is 0 Å². The Hall–Kier alpha value is -2.14. The number of nitrogens with one attached hydrogen (secondary N) is 1. The highest BCUT2D eigenvalue weighted by Gasteiger charge is 2.21. The Balaban J connectivity index is 2.06. The Bertz CT molecular complexity index is 607. The predicted octanol–water partition coefficient (Wildman–Crippen LogP) is 2.65. The summed E-state index contributed by atoms with van der Waals surface area (Å²) in [4.78, 5) is 23.3. The molecule has 0 unspecified atom stereocenters. The largest absolute Gasteiger partial charge is 0.481 e. The number of rotatable bonds is 5. The average molecular weight is 289 g/mol. The fourth-order valence-corrected chi connectivity index (χ4v) is 2.74. The van der Waals surface area contributed by atoms with E-state index in [9.17, 15) is 14.7 Å². The Morgan fingerprint density at radius 3 is 2.50 bits per heavy atom. The van der Waals surface area contributed by atoms with Gasteiger partial charge in [-0.1, -0.05) is 30.3 Å². The molecule has 104 valence electrons. The molecule has 20 heavy (non-hydrogen) atoms. The zero-order valence-corrected chi connectivity index (χ0v) is 11.8. The molecule has 5 heteroatoms. The van der Waals surface area contributed by atoms with Gasteiger partial charge in [0.2, 0.25) is 0 Å². The van der Waals surface area contributed by atoms with E-state index in [2.05, 4.69) is 5.32 Å². The highest BCUT2D eigenvalue weighted by atomic mass is 32.1. The summed E-state index contributed by atoms with van der Waals surface area (Å²) in [5.41, 5.74) is 2.19. The summed E-state index contributed by atoms with van der Waals surface area (Å²) in [7, 11) is 0. The van der Waals surface area contributed by atoms with Crippen molar-refractivity contribution in [1.82, 2.24) is 5.32 Å². The highest BCUT2D eigenvalue weighted by molar-refractivity contribution is 7.08. The van der Waals surface area contributed by atoms with Crippen molar-refractivity contribution in [3.8, 4) is 0 Å². The number of carbonyl (C=O) groups is 2. The Morgan fingerprint density at radius 1 is 1.25 bits per heavy atom. The number of carboxylic acids is 1. The van der Waals surface area contributed by atoms with Crippen LogP contribution < -0.4 is 5.32 Å². The van der Waals surface area contributed by atoms with Gasteiger partial charge in [0.05, 0.1) is 11.5 Å². The standard InChI is InChI=1S/C15H15NO3S/c1-10-8-20-9-13(10)14(17)16-7-12(15(18)19)11-5-3-2-4-6-11/h2-6,8-9,12H,7H2,1H3,(H,16,17)(H,18,19)/t12-/m1/s1. The van der Waals surface area contributed by atoms with Gasteiger partial charge in [-0.25, -0.2) is 0 Å². The molecule has 0 radical (unpaired) electrons. The van der Waals surface area contributed by atoms with Gasteiger partial charge in [0.15, 0.2) is 0 Å². The van der Waals surface area contributed by atoms with E-state index in [-0.39, 0.29) is 12.5 Å². The Kier molecular flexibility index (Phi) is 4.53. The molecule has 0 aliphatic carbocycles. The minimum Gasteiger partial charge on any atom is -0.481 e. The van der Waals surface area contributed by atoms with Crippen LogP contribution in [0.3, 0.4) is 0 Å². The van der Waals surface area contributed by atoms with Gasteiger partial charge in [-0.05, 0) is 23.4 Å². The summed E-state index contributed by atoms with van der Waals surface area (Å²) >= 11 is 1.45. The normalized spacial score (nSPS) is 11.8. The van der Waals surface area contributed by atoms with Crippen molar-refractivity contribution in [3.63, 3.8) is 0 Å². The molecule has 2 N–H and O–H groups in total. The van der Waals surface area contributed by atoms with Crippen LogP contribution in [0.25, 0.3) is 0 Å². The number of hydrogen-bond acceptors (Lipinski definition) is 3. The van der Waals surface area contributed by atoms with Crippen LogP contribution in [0.5, 0.6) is 0 Å². The predicted molar refractivity (Wildman–Crippen MR) is 78.2 cm³/mol. The molecule has 0 aliphatic heterocycles. The molecule has 0 aliphatic rings. The van der Waals surface area contributed by atoms with Gasteiger partial charge in [-0.3, -0.25) is 9.59 Å². The van der Waals surface area contributed by atoms with Crippen molar-refractivity contribution in [2.45, 2.75) is 12.8 Å². The van der Waals surface area contributed by atoms with E-state index < -0.39 is 11.9 Å². The minimum atomic E-state index is -0.946. The first kappa shape index (κ1) is 14.3. The van der Waals surface area contributed by atoms with Crippen LogP contribution in [0, 0.1) is 6.92 Å². The van der Waals surface area contributed by atoms with Crippen LogP contribution in [0.15, 0.2) is 41.1 Å². The molecular weight excluding hydrogens is 274 g/mol. The molecule has 2 aromatic rings. The van der Waals surface area contributed by atoms with Crippen LogP contribution in [-0.4, -0.2) is 23.5 Å². The second kappa shape index (κ2) is 6.34. The van der Waals surface area contributed by atoms with E-state index in [1.165, 1.54) is 11.3 Å². The number of carbonyl (C=O) groups excluding carboxylic acids is 1. The molecule has 2 rings (SSSR count). The lowest BCUT2D eigenvalue weighted by atomic mass is 9.99. The quantitative estimate of drug-likeness (QED) is 0.889. The second-order valence-electron chi connectivity index (χ2n) is 4.48. The molecule has 1 aromatic carbocycles. The molecular formula is C15H15NO3S. The highest BCUT2D eigenvalue weighted by Crippen LogP contribution is 2.16. The molecule has 0 fully saturated rings. The summed E-state index contributed by atoms with van der Waals surface area (Å²) in [6.07, 6.45) is 0. The molecule has 4 nitrogen and oxygen atoms in total. The van der Waals surface area contributed by atoms with Crippen molar-refractivity contribution >= 4 is 23.2 Å².